The quantitative estimate of drug-likeness (QED) is 0.913. The van der Waals surface area contributed by atoms with Gasteiger partial charge in [0.1, 0.15) is 0 Å². The molecule has 0 aliphatic carbocycles. The molecular weight excluding hydrogens is 314 g/mol. The summed E-state index contributed by atoms with van der Waals surface area (Å²) >= 11 is 1.37. The topological polar surface area (TPSA) is 95.5 Å². The van der Waals surface area contributed by atoms with Crippen molar-refractivity contribution in [3.05, 3.63) is 23.8 Å². The Balaban J connectivity index is 1.77. The number of anilines is 1. The number of aromatic nitrogens is 1. The molecule has 2 heterocycles. The maximum Gasteiger partial charge on any atom is 0.321 e. The number of rotatable bonds is 4. The van der Waals surface area contributed by atoms with Crippen molar-refractivity contribution in [2.45, 2.75) is 0 Å². The second-order valence-electron chi connectivity index (χ2n) is 5.23. The van der Waals surface area contributed by atoms with Gasteiger partial charge in [-0.25, -0.2) is 9.78 Å². The van der Waals surface area contributed by atoms with E-state index in [1.54, 1.807) is 18.2 Å². The van der Waals surface area contributed by atoms with E-state index in [0.717, 1.165) is 29.9 Å². The molecule has 8 heteroatoms. The fourth-order valence-electron chi connectivity index (χ4n) is 2.46. The second kappa shape index (κ2) is 6.91. The maximum atomic E-state index is 11.8. The zero-order valence-electron chi connectivity index (χ0n) is 12.6. The molecule has 2 aromatic rings. The number of fused-ring (bicyclic) bond motifs is 1. The van der Waals surface area contributed by atoms with Gasteiger partial charge in [0, 0.05) is 26.2 Å². The van der Waals surface area contributed by atoms with Crippen LogP contribution >= 0.6 is 11.3 Å². The summed E-state index contributed by atoms with van der Waals surface area (Å²) in [6.45, 7) is 4.37. The summed E-state index contributed by atoms with van der Waals surface area (Å²) < 4.78 is 6.19. The SMILES string of the molecule is N#Cc1ccc2nc(N(CCN3CCOCC3)C(N)=O)sc2c1. The van der Waals surface area contributed by atoms with Crippen LogP contribution in [-0.4, -0.2) is 55.3 Å². The van der Waals surface area contributed by atoms with Crippen molar-refractivity contribution in [2.24, 2.45) is 5.73 Å². The lowest BCUT2D eigenvalue weighted by atomic mass is 10.2. The van der Waals surface area contributed by atoms with Crippen molar-refractivity contribution < 1.29 is 9.53 Å². The Kier molecular flexibility index (Phi) is 4.71. The number of morpholine rings is 1. The number of urea groups is 1. The lowest BCUT2D eigenvalue weighted by molar-refractivity contribution is 0.0393. The van der Waals surface area contributed by atoms with Gasteiger partial charge < -0.3 is 10.5 Å². The number of benzene rings is 1. The Labute approximate surface area is 137 Å². The summed E-state index contributed by atoms with van der Waals surface area (Å²) in [6.07, 6.45) is 0. The summed E-state index contributed by atoms with van der Waals surface area (Å²) in [5.41, 5.74) is 6.86. The number of nitrogens with zero attached hydrogens (tertiary/aromatic N) is 4. The Morgan fingerprint density at radius 3 is 2.96 bits per heavy atom. The van der Waals surface area contributed by atoms with Crippen LogP contribution in [0.5, 0.6) is 0 Å². The molecule has 120 valence electrons. The summed E-state index contributed by atoms with van der Waals surface area (Å²) in [6, 6.07) is 6.87. The average molecular weight is 331 g/mol. The molecule has 0 radical (unpaired) electrons. The van der Waals surface area contributed by atoms with Crippen molar-refractivity contribution in [3.63, 3.8) is 0 Å². The molecule has 1 fully saturated rings. The predicted octanol–water partition coefficient (Wildman–Crippen LogP) is 1.39. The standard InChI is InChI=1S/C15H17N5O2S/c16-10-11-1-2-12-13(9-11)23-15(18-12)20(14(17)21)4-3-19-5-7-22-8-6-19/h1-2,9H,3-8H2,(H2,17,21). The first-order valence-electron chi connectivity index (χ1n) is 7.35. The van der Waals surface area contributed by atoms with E-state index in [4.69, 9.17) is 15.7 Å². The highest BCUT2D eigenvalue weighted by Crippen LogP contribution is 2.29. The maximum absolute atomic E-state index is 11.8. The number of primary amides is 1. The van der Waals surface area contributed by atoms with Crippen molar-refractivity contribution in [3.8, 4) is 6.07 Å². The van der Waals surface area contributed by atoms with Gasteiger partial charge in [-0.15, -0.1) is 0 Å². The van der Waals surface area contributed by atoms with Gasteiger partial charge in [0.2, 0.25) is 0 Å². The van der Waals surface area contributed by atoms with Crippen LogP contribution in [0.2, 0.25) is 0 Å². The van der Waals surface area contributed by atoms with Crippen LogP contribution in [0.25, 0.3) is 10.2 Å². The normalized spacial score (nSPS) is 15.4. The number of hydrogen-bond acceptors (Lipinski definition) is 6. The second-order valence-corrected chi connectivity index (χ2v) is 6.24. The summed E-state index contributed by atoms with van der Waals surface area (Å²) in [7, 11) is 0. The first kappa shape index (κ1) is 15.7. The molecule has 3 rings (SSSR count). The monoisotopic (exact) mass is 331 g/mol. The highest BCUT2D eigenvalue weighted by Gasteiger charge is 2.19. The number of ether oxygens (including phenoxy) is 1. The highest BCUT2D eigenvalue weighted by molar-refractivity contribution is 7.22. The van der Waals surface area contributed by atoms with E-state index in [1.165, 1.54) is 16.2 Å². The molecule has 1 aromatic heterocycles. The molecule has 0 bridgehead atoms. The molecule has 0 spiro atoms. The van der Waals surface area contributed by atoms with Crippen LogP contribution in [0.1, 0.15) is 5.56 Å². The highest BCUT2D eigenvalue weighted by atomic mass is 32.1. The van der Waals surface area contributed by atoms with E-state index in [0.29, 0.717) is 30.5 Å². The van der Waals surface area contributed by atoms with Gasteiger partial charge in [0.25, 0.3) is 0 Å². The van der Waals surface area contributed by atoms with Crippen LogP contribution in [-0.2, 0) is 4.74 Å². The molecule has 1 aromatic carbocycles. The fraction of sp³-hybridized carbons (Fsp3) is 0.400. The van der Waals surface area contributed by atoms with E-state index < -0.39 is 6.03 Å². The number of hydrogen-bond donors (Lipinski definition) is 1. The van der Waals surface area contributed by atoms with Crippen LogP contribution in [0.4, 0.5) is 9.93 Å². The molecule has 1 aliphatic heterocycles. The number of carbonyl (C=O) groups is 1. The molecule has 0 atom stereocenters. The predicted molar refractivity (Wildman–Crippen MR) is 88.5 cm³/mol. The van der Waals surface area contributed by atoms with Gasteiger partial charge in [0.05, 0.1) is 35.1 Å². The smallest absolute Gasteiger partial charge is 0.321 e. The van der Waals surface area contributed by atoms with Crippen molar-refractivity contribution >= 4 is 32.7 Å². The molecule has 1 saturated heterocycles. The summed E-state index contributed by atoms with van der Waals surface area (Å²) in [5, 5.41) is 9.53. The zero-order valence-corrected chi connectivity index (χ0v) is 13.4. The molecule has 23 heavy (non-hydrogen) atoms. The third-order valence-electron chi connectivity index (χ3n) is 3.75. The van der Waals surface area contributed by atoms with Gasteiger partial charge in [-0.05, 0) is 18.2 Å². The number of nitriles is 1. The van der Waals surface area contributed by atoms with Crippen LogP contribution in [0, 0.1) is 11.3 Å². The molecule has 7 nitrogen and oxygen atoms in total. The molecule has 0 saturated carbocycles. The fourth-order valence-corrected chi connectivity index (χ4v) is 3.50. The van der Waals surface area contributed by atoms with E-state index in [-0.39, 0.29) is 0 Å². The summed E-state index contributed by atoms with van der Waals surface area (Å²) in [5.74, 6) is 0. The zero-order chi connectivity index (χ0) is 16.2. The number of thiazole rings is 1. The third kappa shape index (κ3) is 3.59. The van der Waals surface area contributed by atoms with Crippen LogP contribution < -0.4 is 10.6 Å². The molecule has 2 N–H and O–H groups in total. The van der Waals surface area contributed by atoms with Crippen molar-refractivity contribution in [1.82, 2.24) is 9.88 Å². The third-order valence-corrected chi connectivity index (χ3v) is 4.79. The van der Waals surface area contributed by atoms with Crippen LogP contribution in [0.3, 0.4) is 0 Å². The first-order valence-corrected chi connectivity index (χ1v) is 8.17. The van der Waals surface area contributed by atoms with E-state index in [9.17, 15) is 4.79 Å². The lowest BCUT2D eigenvalue weighted by Crippen LogP contribution is -2.44. The minimum absolute atomic E-state index is 0.486. The Morgan fingerprint density at radius 1 is 1.48 bits per heavy atom. The van der Waals surface area contributed by atoms with Gasteiger partial charge >= 0.3 is 6.03 Å². The Bertz CT molecular complexity index is 748. The van der Waals surface area contributed by atoms with Gasteiger partial charge in [-0.1, -0.05) is 11.3 Å². The number of amides is 2. The molecule has 0 unspecified atom stereocenters. The van der Waals surface area contributed by atoms with E-state index >= 15 is 0 Å². The minimum Gasteiger partial charge on any atom is -0.379 e. The van der Waals surface area contributed by atoms with E-state index in [1.807, 2.05) is 0 Å². The number of carbonyl (C=O) groups excluding carboxylic acids is 1. The largest absolute Gasteiger partial charge is 0.379 e. The van der Waals surface area contributed by atoms with Gasteiger partial charge in [-0.2, -0.15) is 5.26 Å². The van der Waals surface area contributed by atoms with Crippen LogP contribution in [0.15, 0.2) is 18.2 Å². The number of nitrogens with two attached hydrogens (primary N) is 1. The first-order chi connectivity index (χ1) is 11.2. The summed E-state index contributed by atoms with van der Waals surface area (Å²) in [4.78, 5) is 20.0. The van der Waals surface area contributed by atoms with Gasteiger partial charge in [-0.3, -0.25) is 9.80 Å². The van der Waals surface area contributed by atoms with Crippen molar-refractivity contribution in [1.29, 1.82) is 5.26 Å². The molecule has 1 aliphatic rings. The Morgan fingerprint density at radius 2 is 2.26 bits per heavy atom. The minimum atomic E-state index is -0.516. The Hall–Kier alpha value is -2.21. The average Bonchev–Trinajstić information content (AvgIpc) is 2.98. The van der Waals surface area contributed by atoms with E-state index in [2.05, 4.69) is 16.0 Å². The molecule has 2 amide bonds. The lowest BCUT2D eigenvalue weighted by Gasteiger charge is -2.28. The molecular formula is C15H17N5O2S. The van der Waals surface area contributed by atoms with Gasteiger partial charge in [0.15, 0.2) is 5.13 Å². The van der Waals surface area contributed by atoms with Crippen molar-refractivity contribution in [2.75, 3.05) is 44.3 Å².